The van der Waals surface area contributed by atoms with Crippen molar-refractivity contribution in [2.75, 3.05) is 7.11 Å². The zero-order valence-corrected chi connectivity index (χ0v) is 12.7. The summed E-state index contributed by atoms with van der Waals surface area (Å²) >= 11 is 0. The van der Waals surface area contributed by atoms with Gasteiger partial charge in [0.15, 0.2) is 0 Å². The highest BCUT2D eigenvalue weighted by Gasteiger charge is 2.00. The van der Waals surface area contributed by atoms with Crippen LogP contribution >= 0.6 is 0 Å². The zero-order chi connectivity index (χ0) is 13.6. The van der Waals surface area contributed by atoms with Crippen LogP contribution in [-0.4, -0.2) is 13.1 Å². The Morgan fingerprint density at radius 1 is 0.944 bits per heavy atom. The molecule has 0 rings (SSSR count). The molecule has 0 fully saturated rings. The molecule has 0 heterocycles. The minimum absolute atomic E-state index is 0.0694. The van der Waals surface area contributed by atoms with Crippen molar-refractivity contribution >= 4 is 5.97 Å². The van der Waals surface area contributed by atoms with Crippen LogP contribution in [0.15, 0.2) is 0 Å². The van der Waals surface area contributed by atoms with E-state index in [9.17, 15) is 4.79 Å². The smallest absolute Gasteiger partial charge is 0.305 e. The molecule has 2 heteroatoms. The lowest BCUT2D eigenvalue weighted by Crippen LogP contribution is -1.99. The number of esters is 1. The van der Waals surface area contributed by atoms with Crippen molar-refractivity contribution in [2.24, 2.45) is 5.92 Å². The number of carbonyl (C=O) groups is 1. The largest absolute Gasteiger partial charge is 0.469 e. The van der Waals surface area contributed by atoms with E-state index in [4.69, 9.17) is 0 Å². The fourth-order valence-electron chi connectivity index (χ4n) is 2.13. The summed E-state index contributed by atoms with van der Waals surface area (Å²) in [6.07, 6.45) is 13.6. The van der Waals surface area contributed by atoms with Crippen molar-refractivity contribution in [3.05, 3.63) is 0 Å². The predicted octanol–water partition coefficient (Wildman–Crippen LogP) is 5.11. The van der Waals surface area contributed by atoms with Crippen molar-refractivity contribution in [1.82, 2.24) is 0 Å². The summed E-state index contributed by atoms with van der Waals surface area (Å²) in [5, 5.41) is 0. The molecule has 18 heavy (non-hydrogen) atoms. The Hall–Kier alpha value is -0.530. The summed E-state index contributed by atoms with van der Waals surface area (Å²) in [6.45, 7) is 4.63. The first-order valence-electron chi connectivity index (χ1n) is 7.77. The molecule has 0 saturated carbocycles. The van der Waals surface area contributed by atoms with Gasteiger partial charge in [-0.3, -0.25) is 4.79 Å². The fraction of sp³-hybridized carbons (Fsp3) is 0.938. The Morgan fingerprint density at radius 2 is 1.44 bits per heavy atom. The standard InChI is InChI=1S/C16H32O2/c1-4-15(2)13-11-9-7-5-6-8-10-12-14-16(17)18-3/h15H,4-14H2,1-3H3/t15-/m1/s1. The summed E-state index contributed by atoms with van der Waals surface area (Å²) in [6, 6.07) is 0. The van der Waals surface area contributed by atoms with Crippen LogP contribution in [0.1, 0.15) is 84.5 Å². The van der Waals surface area contributed by atoms with Gasteiger partial charge in [-0.05, 0) is 12.3 Å². The average molecular weight is 256 g/mol. The monoisotopic (exact) mass is 256 g/mol. The van der Waals surface area contributed by atoms with Crippen molar-refractivity contribution in [3.63, 3.8) is 0 Å². The third-order valence-corrected chi connectivity index (χ3v) is 3.75. The molecule has 0 aliphatic heterocycles. The van der Waals surface area contributed by atoms with Crippen LogP contribution in [0.3, 0.4) is 0 Å². The lowest BCUT2D eigenvalue weighted by molar-refractivity contribution is -0.140. The first-order valence-corrected chi connectivity index (χ1v) is 7.77. The van der Waals surface area contributed by atoms with Gasteiger partial charge in [-0.25, -0.2) is 0 Å². The molecule has 0 aromatic heterocycles. The second kappa shape index (κ2) is 12.9. The third kappa shape index (κ3) is 11.9. The molecule has 0 aromatic carbocycles. The molecule has 0 bridgehead atoms. The quantitative estimate of drug-likeness (QED) is 0.358. The molecule has 108 valence electrons. The summed E-state index contributed by atoms with van der Waals surface area (Å²) in [5.74, 6) is 0.836. The van der Waals surface area contributed by atoms with E-state index in [1.54, 1.807) is 0 Å². The summed E-state index contributed by atoms with van der Waals surface area (Å²) in [4.78, 5) is 10.9. The molecule has 0 saturated heterocycles. The van der Waals surface area contributed by atoms with Gasteiger partial charge in [0.1, 0.15) is 0 Å². The predicted molar refractivity (Wildman–Crippen MR) is 77.6 cm³/mol. The number of unbranched alkanes of at least 4 members (excludes halogenated alkanes) is 7. The van der Waals surface area contributed by atoms with E-state index in [0.717, 1.165) is 12.3 Å². The van der Waals surface area contributed by atoms with Gasteiger partial charge in [0.05, 0.1) is 7.11 Å². The summed E-state index contributed by atoms with van der Waals surface area (Å²) in [7, 11) is 1.46. The Balaban J connectivity index is 3.05. The molecule has 2 nitrogen and oxygen atoms in total. The van der Waals surface area contributed by atoms with Crippen LogP contribution in [0.2, 0.25) is 0 Å². The van der Waals surface area contributed by atoms with Crippen LogP contribution < -0.4 is 0 Å². The normalized spacial score (nSPS) is 12.4. The maximum atomic E-state index is 10.9. The first kappa shape index (κ1) is 17.5. The van der Waals surface area contributed by atoms with Crippen LogP contribution in [0.5, 0.6) is 0 Å². The topological polar surface area (TPSA) is 26.3 Å². The van der Waals surface area contributed by atoms with E-state index in [1.165, 1.54) is 64.9 Å². The molecule has 0 aliphatic carbocycles. The lowest BCUT2D eigenvalue weighted by Gasteiger charge is -2.07. The average Bonchev–Trinajstić information content (AvgIpc) is 2.40. The van der Waals surface area contributed by atoms with Crippen molar-refractivity contribution < 1.29 is 9.53 Å². The Morgan fingerprint density at radius 3 is 1.94 bits per heavy atom. The summed E-state index contributed by atoms with van der Waals surface area (Å²) < 4.78 is 4.61. The van der Waals surface area contributed by atoms with Crippen molar-refractivity contribution in [3.8, 4) is 0 Å². The second-order valence-electron chi connectivity index (χ2n) is 5.46. The van der Waals surface area contributed by atoms with Gasteiger partial charge in [0.2, 0.25) is 0 Å². The molecule has 0 radical (unpaired) electrons. The molecular formula is C16H32O2. The van der Waals surface area contributed by atoms with E-state index >= 15 is 0 Å². The maximum Gasteiger partial charge on any atom is 0.305 e. The molecule has 0 spiro atoms. The van der Waals surface area contributed by atoms with Crippen LogP contribution in [0, 0.1) is 5.92 Å². The number of hydrogen-bond donors (Lipinski definition) is 0. The third-order valence-electron chi connectivity index (χ3n) is 3.75. The fourth-order valence-corrected chi connectivity index (χ4v) is 2.13. The minimum Gasteiger partial charge on any atom is -0.469 e. The Kier molecular flexibility index (Phi) is 12.5. The van der Waals surface area contributed by atoms with Gasteiger partial charge in [-0.1, -0.05) is 71.6 Å². The molecule has 0 aromatic rings. The number of ether oxygens (including phenoxy) is 1. The van der Waals surface area contributed by atoms with Gasteiger partial charge in [0, 0.05) is 6.42 Å². The number of methoxy groups -OCH3 is 1. The van der Waals surface area contributed by atoms with Gasteiger partial charge in [0.25, 0.3) is 0 Å². The van der Waals surface area contributed by atoms with Gasteiger partial charge < -0.3 is 4.74 Å². The SMILES string of the molecule is CC[C@@H](C)CCCCCCCCCCC(=O)OC. The number of carbonyl (C=O) groups excluding carboxylic acids is 1. The number of rotatable bonds is 12. The minimum atomic E-state index is -0.0694. The molecule has 0 amide bonds. The van der Waals surface area contributed by atoms with E-state index in [-0.39, 0.29) is 5.97 Å². The second-order valence-corrected chi connectivity index (χ2v) is 5.46. The maximum absolute atomic E-state index is 10.9. The summed E-state index contributed by atoms with van der Waals surface area (Å²) in [5.41, 5.74) is 0. The molecule has 0 aliphatic rings. The van der Waals surface area contributed by atoms with Gasteiger partial charge >= 0.3 is 5.97 Å². The lowest BCUT2D eigenvalue weighted by atomic mass is 9.99. The zero-order valence-electron chi connectivity index (χ0n) is 12.7. The Bertz CT molecular complexity index is 190. The Labute approximate surface area is 113 Å². The van der Waals surface area contributed by atoms with Crippen molar-refractivity contribution in [1.29, 1.82) is 0 Å². The molecule has 0 unspecified atom stereocenters. The molecular weight excluding hydrogens is 224 g/mol. The van der Waals surface area contributed by atoms with Crippen LogP contribution in [0.25, 0.3) is 0 Å². The number of hydrogen-bond acceptors (Lipinski definition) is 2. The van der Waals surface area contributed by atoms with Crippen LogP contribution in [-0.2, 0) is 9.53 Å². The van der Waals surface area contributed by atoms with Crippen LogP contribution in [0.4, 0.5) is 0 Å². The van der Waals surface area contributed by atoms with Crippen molar-refractivity contribution in [2.45, 2.75) is 84.5 Å². The molecule has 1 atom stereocenters. The van der Waals surface area contributed by atoms with Gasteiger partial charge in [-0.15, -0.1) is 0 Å². The highest BCUT2D eigenvalue weighted by atomic mass is 16.5. The van der Waals surface area contributed by atoms with E-state index in [1.807, 2.05) is 0 Å². The van der Waals surface area contributed by atoms with E-state index in [0.29, 0.717) is 6.42 Å². The van der Waals surface area contributed by atoms with Gasteiger partial charge in [-0.2, -0.15) is 0 Å². The first-order chi connectivity index (χ1) is 8.70. The van der Waals surface area contributed by atoms with E-state index < -0.39 is 0 Å². The molecule has 0 N–H and O–H groups in total. The van der Waals surface area contributed by atoms with E-state index in [2.05, 4.69) is 18.6 Å². The highest BCUT2D eigenvalue weighted by molar-refractivity contribution is 5.68. The highest BCUT2D eigenvalue weighted by Crippen LogP contribution is 2.15.